The molecule has 6 nitrogen and oxygen atoms in total. The van der Waals surface area contributed by atoms with E-state index in [1.165, 1.54) is 11.1 Å². The monoisotopic (exact) mass is 407 g/mol. The Labute approximate surface area is 176 Å². The number of ether oxygens (including phenoxy) is 1. The Morgan fingerprint density at radius 3 is 2.93 bits per heavy atom. The van der Waals surface area contributed by atoms with Gasteiger partial charge in [-0.3, -0.25) is 19.1 Å². The first-order chi connectivity index (χ1) is 14.5. The summed E-state index contributed by atoms with van der Waals surface area (Å²) in [6.45, 7) is 6.34. The van der Waals surface area contributed by atoms with Crippen molar-refractivity contribution >= 4 is 5.91 Å². The van der Waals surface area contributed by atoms with E-state index in [-0.39, 0.29) is 29.2 Å². The standard InChI is InChI=1S/C24H29N3O3/c1-15-9-10-27(21-8-4-6-17-5-3-7-20(17)21)24(29)22(15)23(28)25-18-11-19-14-30-16(2)12-26(19)13-18/h4,6,8-10,16,18-19H,3,5,7,11-14H2,1-2H3,(H,25,28)/t16-,18+,19+/m1/s1. The highest BCUT2D eigenvalue weighted by atomic mass is 16.5. The number of benzene rings is 1. The van der Waals surface area contributed by atoms with E-state index in [4.69, 9.17) is 4.74 Å². The normalized spacial score (nSPS) is 25.7. The summed E-state index contributed by atoms with van der Waals surface area (Å²) in [5.74, 6) is -0.266. The zero-order valence-electron chi connectivity index (χ0n) is 17.7. The highest BCUT2D eigenvalue weighted by molar-refractivity contribution is 5.95. The van der Waals surface area contributed by atoms with E-state index in [1.807, 2.05) is 25.1 Å². The number of hydrogen-bond acceptors (Lipinski definition) is 4. The van der Waals surface area contributed by atoms with Crippen LogP contribution >= 0.6 is 0 Å². The Morgan fingerprint density at radius 1 is 1.20 bits per heavy atom. The lowest BCUT2D eigenvalue weighted by atomic mass is 10.1. The molecule has 2 saturated heterocycles. The molecule has 5 rings (SSSR count). The van der Waals surface area contributed by atoms with Crippen molar-refractivity contribution in [3.05, 3.63) is 63.1 Å². The number of amides is 1. The molecule has 3 atom stereocenters. The molecule has 2 aromatic rings. The van der Waals surface area contributed by atoms with Crippen molar-refractivity contribution in [2.75, 3.05) is 19.7 Å². The molecule has 0 radical (unpaired) electrons. The van der Waals surface area contributed by atoms with Crippen LogP contribution in [0, 0.1) is 6.92 Å². The third-order valence-corrected chi connectivity index (χ3v) is 6.84. The average Bonchev–Trinajstić information content (AvgIpc) is 3.34. The molecular weight excluding hydrogens is 378 g/mol. The molecule has 1 N–H and O–H groups in total. The summed E-state index contributed by atoms with van der Waals surface area (Å²) in [6.07, 6.45) is 6.04. The van der Waals surface area contributed by atoms with Gasteiger partial charge in [0.05, 0.1) is 18.4 Å². The van der Waals surface area contributed by atoms with E-state index < -0.39 is 0 Å². The number of nitrogens with zero attached hydrogens (tertiary/aromatic N) is 2. The maximum atomic E-state index is 13.4. The van der Waals surface area contributed by atoms with E-state index >= 15 is 0 Å². The van der Waals surface area contributed by atoms with Gasteiger partial charge in [0, 0.05) is 31.4 Å². The lowest BCUT2D eigenvalue weighted by molar-refractivity contribution is -0.0390. The topological polar surface area (TPSA) is 63.6 Å². The van der Waals surface area contributed by atoms with Crippen molar-refractivity contribution in [2.45, 2.75) is 57.7 Å². The van der Waals surface area contributed by atoms with Crippen LogP contribution in [0.5, 0.6) is 0 Å². The number of morpholine rings is 1. The van der Waals surface area contributed by atoms with Crippen LogP contribution in [0.3, 0.4) is 0 Å². The van der Waals surface area contributed by atoms with Crippen LogP contribution in [0.2, 0.25) is 0 Å². The van der Waals surface area contributed by atoms with Gasteiger partial charge in [0.2, 0.25) is 0 Å². The summed E-state index contributed by atoms with van der Waals surface area (Å²) in [7, 11) is 0. The van der Waals surface area contributed by atoms with Gasteiger partial charge in [0.1, 0.15) is 5.56 Å². The Bertz CT molecular complexity index is 1040. The van der Waals surface area contributed by atoms with Gasteiger partial charge in [0.15, 0.2) is 0 Å². The molecule has 2 aliphatic heterocycles. The van der Waals surface area contributed by atoms with Crippen LogP contribution in [0.1, 0.15) is 46.8 Å². The third kappa shape index (κ3) is 3.38. The molecule has 2 fully saturated rings. The highest BCUT2D eigenvalue weighted by Crippen LogP contribution is 2.27. The number of fused-ring (bicyclic) bond motifs is 2. The molecule has 1 aliphatic carbocycles. The fourth-order valence-electron chi connectivity index (χ4n) is 5.32. The smallest absolute Gasteiger partial charge is 0.268 e. The number of pyridine rings is 1. The minimum Gasteiger partial charge on any atom is -0.376 e. The lowest BCUT2D eigenvalue weighted by Crippen LogP contribution is -2.45. The Kier molecular flexibility index (Phi) is 4.99. The molecule has 0 saturated carbocycles. The molecule has 0 bridgehead atoms. The fourth-order valence-corrected chi connectivity index (χ4v) is 5.32. The van der Waals surface area contributed by atoms with Crippen LogP contribution in [0.4, 0.5) is 0 Å². The second kappa shape index (κ2) is 7.67. The van der Waals surface area contributed by atoms with E-state index in [0.29, 0.717) is 18.2 Å². The van der Waals surface area contributed by atoms with Gasteiger partial charge in [-0.15, -0.1) is 0 Å². The van der Waals surface area contributed by atoms with Crippen LogP contribution in [0.15, 0.2) is 35.3 Å². The number of nitrogens with one attached hydrogen (secondary N) is 1. The molecule has 3 aliphatic rings. The number of hydrogen-bond donors (Lipinski definition) is 1. The molecule has 1 aromatic carbocycles. The van der Waals surface area contributed by atoms with Crippen LogP contribution in [0.25, 0.3) is 5.69 Å². The number of rotatable bonds is 3. The van der Waals surface area contributed by atoms with E-state index in [0.717, 1.165) is 44.5 Å². The Hall–Kier alpha value is -2.44. The van der Waals surface area contributed by atoms with E-state index in [1.54, 1.807) is 10.8 Å². The molecular formula is C24H29N3O3. The summed E-state index contributed by atoms with van der Waals surface area (Å²) >= 11 is 0. The molecule has 0 spiro atoms. The van der Waals surface area contributed by atoms with Gasteiger partial charge in [-0.1, -0.05) is 12.1 Å². The van der Waals surface area contributed by atoms with Gasteiger partial charge < -0.3 is 10.1 Å². The van der Waals surface area contributed by atoms with Crippen molar-refractivity contribution in [2.24, 2.45) is 0 Å². The SMILES string of the molecule is Cc1ccn(-c2cccc3c2CCC3)c(=O)c1C(=O)N[C@H]1C[C@H]2CO[C@H](C)CN2C1. The quantitative estimate of drug-likeness (QED) is 0.848. The van der Waals surface area contributed by atoms with E-state index in [9.17, 15) is 9.59 Å². The predicted octanol–water partition coefficient (Wildman–Crippen LogP) is 2.23. The van der Waals surface area contributed by atoms with Crippen LogP contribution < -0.4 is 10.9 Å². The molecule has 3 heterocycles. The fraction of sp³-hybridized carbons (Fsp3) is 0.500. The van der Waals surface area contributed by atoms with Gasteiger partial charge in [0.25, 0.3) is 11.5 Å². The molecule has 6 heteroatoms. The molecule has 158 valence electrons. The second-order valence-corrected chi connectivity index (χ2v) is 8.98. The van der Waals surface area contributed by atoms with Crippen molar-refractivity contribution in [1.82, 2.24) is 14.8 Å². The lowest BCUT2D eigenvalue weighted by Gasteiger charge is -2.33. The van der Waals surface area contributed by atoms with Crippen molar-refractivity contribution < 1.29 is 9.53 Å². The maximum Gasteiger partial charge on any atom is 0.268 e. The first-order valence-electron chi connectivity index (χ1n) is 11.0. The Balaban J connectivity index is 1.41. The highest BCUT2D eigenvalue weighted by Gasteiger charge is 2.37. The largest absolute Gasteiger partial charge is 0.376 e. The minimum atomic E-state index is -0.266. The van der Waals surface area contributed by atoms with Gasteiger partial charge in [-0.25, -0.2) is 0 Å². The summed E-state index contributed by atoms with van der Waals surface area (Å²) in [4.78, 5) is 28.9. The first kappa shape index (κ1) is 19.5. The van der Waals surface area contributed by atoms with Crippen molar-refractivity contribution in [3.63, 3.8) is 0 Å². The maximum absolute atomic E-state index is 13.4. The molecule has 1 aromatic heterocycles. The number of carbonyl (C=O) groups excluding carboxylic acids is 1. The summed E-state index contributed by atoms with van der Waals surface area (Å²) in [5.41, 5.74) is 4.19. The third-order valence-electron chi connectivity index (χ3n) is 6.84. The van der Waals surface area contributed by atoms with Crippen LogP contribution in [-0.2, 0) is 17.6 Å². The summed E-state index contributed by atoms with van der Waals surface area (Å²) in [5, 5.41) is 3.13. The van der Waals surface area contributed by atoms with Gasteiger partial charge in [-0.05, 0) is 68.4 Å². The second-order valence-electron chi connectivity index (χ2n) is 8.98. The molecule has 0 unspecified atom stereocenters. The Morgan fingerprint density at radius 2 is 2.07 bits per heavy atom. The number of carbonyl (C=O) groups is 1. The number of aromatic nitrogens is 1. The van der Waals surface area contributed by atoms with Crippen molar-refractivity contribution in [3.8, 4) is 5.69 Å². The van der Waals surface area contributed by atoms with E-state index in [2.05, 4.69) is 23.2 Å². The average molecular weight is 408 g/mol. The molecule has 30 heavy (non-hydrogen) atoms. The predicted molar refractivity (Wildman–Crippen MR) is 115 cm³/mol. The zero-order chi connectivity index (χ0) is 20.8. The van der Waals surface area contributed by atoms with Crippen molar-refractivity contribution in [1.29, 1.82) is 0 Å². The first-order valence-corrected chi connectivity index (χ1v) is 11.0. The van der Waals surface area contributed by atoms with Gasteiger partial charge >= 0.3 is 0 Å². The summed E-state index contributed by atoms with van der Waals surface area (Å²) < 4.78 is 7.41. The zero-order valence-corrected chi connectivity index (χ0v) is 17.7. The summed E-state index contributed by atoms with van der Waals surface area (Å²) in [6, 6.07) is 8.40. The molecule has 1 amide bonds. The van der Waals surface area contributed by atoms with Crippen LogP contribution in [-0.4, -0.2) is 53.3 Å². The number of aryl methyl sites for hydroxylation is 2. The van der Waals surface area contributed by atoms with Gasteiger partial charge in [-0.2, -0.15) is 0 Å². The minimum absolute atomic E-state index is 0.0461.